The van der Waals surface area contributed by atoms with Gasteiger partial charge in [0, 0.05) is 5.92 Å². The molecule has 0 unspecified atom stereocenters. The van der Waals surface area contributed by atoms with E-state index in [-0.39, 0.29) is 12.0 Å². The molecule has 0 aromatic rings. The molecule has 74 valence electrons. The fraction of sp³-hybridized carbons (Fsp3) is 1.00. The van der Waals surface area contributed by atoms with Crippen LogP contribution >= 0.6 is 0 Å². The quantitative estimate of drug-likeness (QED) is 0.582. The Morgan fingerprint density at radius 2 is 1.58 bits per heavy atom. The minimum Gasteiger partial charge on any atom is -0.396 e. The predicted molar refractivity (Wildman–Crippen MR) is 47.7 cm³/mol. The van der Waals surface area contributed by atoms with Crippen molar-refractivity contribution >= 4 is 0 Å². The highest BCUT2D eigenvalue weighted by molar-refractivity contribution is 4.82. The summed E-state index contributed by atoms with van der Waals surface area (Å²) in [6.45, 7) is 7.03. The van der Waals surface area contributed by atoms with E-state index in [9.17, 15) is 10.2 Å². The Labute approximate surface area is 74.0 Å². The third kappa shape index (κ3) is 3.09. The molecule has 0 bridgehead atoms. The number of rotatable bonds is 3. The van der Waals surface area contributed by atoms with Gasteiger partial charge < -0.3 is 15.3 Å². The Bertz CT molecular complexity index is 126. The summed E-state index contributed by atoms with van der Waals surface area (Å²) in [6, 6.07) is 0. The molecule has 0 aliphatic carbocycles. The molecule has 0 saturated carbocycles. The molecular weight excluding hydrogens is 156 g/mol. The topological polar surface area (TPSA) is 60.7 Å². The van der Waals surface area contributed by atoms with Gasteiger partial charge in [-0.15, -0.1) is 0 Å². The first-order valence-corrected chi connectivity index (χ1v) is 4.27. The minimum absolute atomic E-state index is 0.184. The molecule has 0 fully saturated rings. The maximum atomic E-state index is 9.70. The molecule has 0 aliphatic heterocycles. The average molecular weight is 176 g/mol. The first-order valence-electron chi connectivity index (χ1n) is 4.27. The van der Waals surface area contributed by atoms with E-state index < -0.39 is 18.1 Å². The van der Waals surface area contributed by atoms with Crippen molar-refractivity contribution in [2.75, 3.05) is 6.61 Å². The van der Waals surface area contributed by atoms with E-state index in [1.165, 1.54) is 0 Å². The molecular formula is C9H20O3. The first-order chi connectivity index (χ1) is 5.30. The maximum Gasteiger partial charge on any atom is 0.0663 e. The van der Waals surface area contributed by atoms with Crippen molar-refractivity contribution in [3.8, 4) is 0 Å². The van der Waals surface area contributed by atoms with E-state index >= 15 is 0 Å². The molecule has 0 radical (unpaired) electrons. The van der Waals surface area contributed by atoms with Gasteiger partial charge >= 0.3 is 0 Å². The standard InChI is InChI=1S/C9H20O3/c1-6(11)7(5-10)8(12)9(2,3)4/h6-8,10-12H,5H2,1-4H3/t6-,7+,8-/m0/s1. The van der Waals surface area contributed by atoms with Gasteiger partial charge in [0.2, 0.25) is 0 Å². The molecule has 12 heavy (non-hydrogen) atoms. The van der Waals surface area contributed by atoms with Crippen molar-refractivity contribution in [3.05, 3.63) is 0 Å². The highest BCUT2D eigenvalue weighted by Gasteiger charge is 2.32. The summed E-state index contributed by atoms with van der Waals surface area (Å²) in [7, 11) is 0. The number of aliphatic hydroxyl groups excluding tert-OH is 3. The molecule has 0 aromatic heterocycles. The van der Waals surface area contributed by atoms with E-state index in [1.807, 2.05) is 20.8 Å². The lowest BCUT2D eigenvalue weighted by atomic mass is 9.79. The molecule has 3 heteroatoms. The zero-order chi connectivity index (χ0) is 9.94. The molecule has 3 atom stereocenters. The van der Waals surface area contributed by atoms with Crippen LogP contribution in [0.2, 0.25) is 0 Å². The van der Waals surface area contributed by atoms with E-state index in [1.54, 1.807) is 6.92 Å². The van der Waals surface area contributed by atoms with Crippen molar-refractivity contribution in [1.82, 2.24) is 0 Å². The fourth-order valence-corrected chi connectivity index (χ4v) is 1.16. The summed E-state index contributed by atoms with van der Waals surface area (Å²) in [5.41, 5.74) is -0.301. The zero-order valence-corrected chi connectivity index (χ0v) is 8.28. The third-order valence-electron chi connectivity index (χ3n) is 2.12. The van der Waals surface area contributed by atoms with Gasteiger partial charge in [-0.3, -0.25) is 0 Å². The third-order valence-corrected chi connectivity index (χ3v) is 2.12. The number of aliphatic hydroxyl groups is 3. The molecule has 0 saturated heterocycles. The predicted octanol–water partition coefficient (Wildman–Crippen LogP) is 0.383. The Kier molecular flexibility index (Phi) is 4.17. The van der Waals surface area contributed by atoms with Crippen molar-refractivity contribution < 1.29 is 15.3 Å². The van der Waals surface area contributed by atoms with Crippen LogP contribution in [0.15, 0.2) is 0 Å². The molecule has 0 aliphatic rings. The summed E-state index contributed by atoms with van der Waals surface area (Å²) in [6.07, 6.45) is -1.35. The summed E-state index contributed by atoms with van der Waals surface area (Å²) in [5, 5.41) is 27.8. The van der Waals surface area contributed by atoms with Crippen LogP contribution < -0.4 is 0 Å². The molecule has 0 spiro atoms. The Morgan fingerprint density at radius 1 is 1.17 bits per heavy atom. The highest BCUT2D eigenvalue weighted by atomic mass is 16.3. The fourth-order valence-electron chi connectivity index (χ4n) is 1.16. The lowest BCUT2D eigenvalue weighted by Crippen LogP contribution is -2.41. The molecule has 3 nitrogen and oxygen atoms in total. The van der Waals surface area contributed by atoms with E-state index in [0.29, 0.717) is 0 Å². The second-order valence-electron chi connectivity index (χ2n) is 4.40. The summed E-state index contributed by atoms with van der Waals surface area (Å²) >= 11 is 0. The van der Waals surface area contributed by atoms with Gasteiger partial charge in [-0.25, -0.2) is 0 Å². The number of hydrogen-bond acceptors (Lipinski definition) is 3. The van der Waals surface area contributed by atoms with E-state index in [4.69, 9.17) is 5.11 Å². The molecule has 3 N–H and O–H groups in total. The summed E-state index contributed by atoms with van der Waals surface area (Å²) in [5.74, 6) is -0.454. The van der Waals surface area contributed by atoms with Crippen molar-refractivity contribution in [2.24, 2.45) is 11.3 Å². The molecule has 0 rings (SSSR count). The van der Waals surface area contributed by atoms with Crippen LogP contribution in [-0.2, 0) is 0 Å². The van der Waals surface area contributed by atoms with Crippen LogP contribution in [0, 0.1) is 11.3 Å². The lowest BCUT2D eigenvalue weighted by Gasteiger charge is -2.33. The van der Waals surface area contributed by atoms with Gasteiger partial charge in [0.25, 0.3) is 0 Å². The van der Waals surface area contributed by atoms with Gasteiger partial charge in [0.15, 0.2) is 0 Å². The average Bonchev–Trinajstić information content (AvgIpc) is 1.86. The van der Waals surface area contributed by atoms with Crippen molar-refractivity contribution in [1.29, 1.82) is 0 Å². The second-order valence-corrected chi connectivity index (χ2v) is 4.40. The normalized spacial score (nSPS) is 20.2. The van der Waals surface area contributed by atoms with Crippen LogP contribution in [0.3, 0.4) is 0 Å². The van der Waals surface area contributed by atoms with Crippen molar-refractivity contribution in [2.45, 2.75) is 39.9 Å². The van der Waals surface area contributed by atoms with E-state index in [0.717, 1.165) is 0 Å². The van der Waals surface area contributed by atoms with E-state index in [2.05, 4.69) is 0 Å². The van der Waals surface area contributed by atoms with Gasteiger partial charge in [-0.05, 0) is 12.3 Å². The van der Waals surface area contributed by atoms with Crippen LogP contribution in [0.1, 0.15) is 27.7 Å². The van der Waals surface area contributed by atoms with Crippen LogP contribution in [0.5, 0.6) is 0 Å². The van der Waals surface area contributed by atoms with Crippen LogP contribution in [0.4, 0.5) is 0 Å². The summed E-state index contributed by atoms with van der Waals surface area (Å²) < 4.78 is 0. The van der Waals surface area contributed by atoms with Gasteiger partial charge in [0.1, 0.15) is 0 Å². The van der Waals surface area contributed by atoms with Crippen LogP contribution in [-0.4, -0.2) is 34.1 Å². The monoisotopic (exact) mass is 176 g/mol. The Balaban J connectivity index is 4.32. The Morgan fingerprint density at radius 3 is 1.67 bits per heavy atom. The number of hydrogen-bond donors (Lipinski definition) is 3. The smallest absolute Gasteiger partial charge is 0.0663 e. The van der Waals surface area contributed by atoms with Crippen LogP contribution in [0.25, 0.3) is 0 Å². The highest BCUT2D eigenvalue weighted by Crippen LogP contribution is 2.26. The maximum absolute atomic E-state index is 9.70. The van der Waals surface area contributed by atoms with Gasteiger partial charge in [0.05, 0.1) is 18.8 Å². The molecule has 0 amide bonds. The lowest BCUT2D eigenvalue weighted by molar-refractivity contribution is -0.0582. The second kappa shape index (κ2) is 4.21. The SMILES string of the molecule is C[C@H](O)[C@@H](CO)[C@H](O)C(C)(C)C. The van der Waals surface area contributed by atoms with Gasteiger partial charge in [-0.2, -0.15) is 0 Å². The Hall–Kier alpha value is -0.120. The summed E-state index contributed by atoms with van der Waals surface area (Å²) in [4.78, 5) is 0. The minimum atomic E-state index is -0.678. The molecule has 0 heterocycles. The zero-order valence-electron chi connectivity index (χ0n) is 8.28. The molecule has 0 aromatic carbocycles. The van der Waals surface area contributed by atoms with Gasteiger partial charge in [-0.1, -0.05) is 20.8 Å². The largest absolute Gasteiger partial charge is 0.396 e. The first kappa shape index (κ1) is 11.9. The van der Waals surface area contributed by atoms with Crippen molar-refractivity contribution in [3.63, 3.8) is 0 Å².